The minimum Gasteiger partial charge on any atom is -0.395 e. The number of rotatable bonds is 6. The number of nitrogens with one attached hydrogen (secondary N) is 2. The van der Waals surface area contributed by atoms with Crippen LogP contribution in [0.15, 0.2) is 30.3 Å². The second-order valence-electron chi connectivity index (χ2n) is 5.20. The van der Waals surface area contributed by atoms with Crippen molar-refractivity contribution in [2.45, 2.75) is 5.75 Å². The summed E-state index contributed by atoms with van der Waals surface area (Å²) >= 11 is 0. The molecule has 10 heteroatoms. The summed E-state index contributed by atoms with van der Waals surface area (Å²) in [6.07, 6.45) is 0. The van der Waals surface area contributed by atoms with Crippen molar-refractivity contribution in [1.82, 2.24) is 15.3 Å². The third-order valence-corrected chi connectivity index (χ3v) is 4.74. The van der Waals surface area contributed by atoms with Gasteiger partial charge in [0.15, 0.2) is 15.7 Å². The van der Waals surface area contributed by atoms with Gasteiger partial charge in [-0.15, -0.1) is 0 Å². The summed E-state index contributed by atoms with van der Waals surface area (Å²) < 4.78 is 23.7. The molecule has 0 aliphatic carbocycles. The van der Waals surface area contributed by atoms with E-state index in [1.54, 1.807) is 24.3 Å². The van der Waals surface area contributed by atoms with E-state index in [0.29, 0.717) is 11.3 Å². The van der Waals surface area contributed by atoms with Crippen molar-refractivity contribution >= 4 is 27.4 Å². The van der Waals surface area contributed by atoms with Crippen LogP contribution < -0.4 is 16.4 Å². The number of hydrogen-bond donors (Lipinski definition) is 4. The highest BCUT2D eigenvalue weighted by Crippen LogP contribution is 2.20. The molecule has 0 aliphatic heterocycles. The first kappa shape index (κ1) is 18.6. The van der Waals surface area contributed by atoms with Crippen molar-refractivity contribution < 1.29 is 18.3 Å². The lowest BCUT2D eigenvalue weighted by molar-refractivity contribution is 0.254. The van der Waals surface area contributed by atoms with Crippen LogP contribution in [0.5, 0.6) is 0 Å². The first-order valence-electron chi connectivity index (χ1n) is 7.37. The van der Waals surface area contributed by atoms with Gasteiger partial charge in [0.1, 0.15) is 5.82 Å². The maximum atomic E-state index is 11.8. The fourth-order valence-corrected chi connectivity index (χ4v) is 3.08. The zero-order valence-electron chi connectivity index (χ0n) is 13.6. The molecule has 0 fully saturated rings. The molecule has 1 aromatic heterocycles. The molecule has 134 valence electrons. The molecule has 0 radical (unpaired) electrons. The van der Waals surface area contributed by atoms with Gasteiger partial charge in [0.2, 0.25) is 0 Å². The second-order valence-corrected chi connectivity index (χ2v) is 7.39. The van der Waals surface area contributed by atoms with Gasteiger partial charge in [0.05, 0.1) is 23.8 Å². The minimum absolute atomic E-state index is 0.145. The molecule has 2 rings (SSSR count). The monoisotopic (exact) mass is 365 g/mol. The quantitative estimate of drug-likeness (QED) is 0.578. The van der Waals surface area contributed by atoms with Crippen molar-refractivity contribution in [3.63, 3.8) is 0 Å². The van der Waals surface area contributed by atoms with Crippen molar-refractivity contribution in [3.8, 4) is 11.4 Å². The number of anilines is 2. The number of urea groups is 1. The summed E-state index contributed by atoms with van der Waals surface area (Å²) in [5.74, 6) is -0.247. The Bertz CT molecular complexity index is 853. The normalized spacial score (nSPS) is 11.1. The van der Waals surface area contributed by atoms with Gasteiger partial charge in [0.25, 0.3) is 0 Å². The summed E-state index contributed by atoms with van der Waals surface area (Å²) in [5, 5.41) is 13.9. The highest BCUT2D eigenvalue weighted by molar-refractivity contribution is 7.90. The number of amides is 2. The Morgan fingerprint density at radius 2 is 1.92 bits per heavy atom. The van der Waals surface area contributed by atoms with Gasteiger partial charge >= 0.3 is 6.03 Å². The van der Waals surface area contributed by atoms with Crippen molar-refractivity contribution in [2.24, 2.45) is 0 Å². The molecular formula is C15H19N5O4S. The molecular weight excluding hydrogens is 346 g/mol. The summed E-state index contributed by atoms with van der Waals surface area (Å²) in [7, 11) is -1.96. The zero-order valence-corrected chi connectivity index (χ0v) is 14.4. The number of sulfone groups is 1. The standard InChI is InChI=1S/C15H19N5O4S/c1-17-15(22)19-11-4-2-10(3-5-11)14-18-12(8-13(16)20-14)9-25(23,24)7-6-21/h2-5,8,21H,6-7,9H2,1H3,(H2,16,18,20)(H2,17,19,22). The topological polar surface area (TPSA) is 147 Å². The van der Waals surface area contributed by atoms with Crippen LogP contribution in [-0.4, -0.2) is 48.9 Å². The lowest BCUT2D eigenvalue weighted by Crippen LogP contribution is -2.24. The molecule has 2 amide bonds. The highest BCUT2D eigenvalue weighted by atomic mass is 32.2. The largest absolute Gasteiger partial charge is 0.395 e. The molecule has 5 N–H and O–H groups in total. The van der Waals surface area contributed by atoms with E-state index in [0.717, 1.165) is 0 Å². The van der Waals surface area contributed by atoms with Crippen LogP contribution in [0.3, 0.4) is 0 Å². The molecule has 25 heavy (non-hydrogen) atoms. The third-order valence-electron chi connectivity index (χ3n) is 3.20. The number of carbonyl (C=O) groups excluding carboxylic acids is 1. The zero-order chi connectivity index (χ0) is 18.4. The predicted octanol–water partition coefficient (Wildman–Crippen LogP) is 0.384. The molecule has 0 bridgehead atoms. The number of hydrogen-bond acceptors (Lipinski definition) is 7. The van der Waals surface area contributed by atoms with Gasteiger partial charge in [-0.2, -0.15) is 0 Å². The summed E-state index contributed by atoms with van der Waals surface area (Å²) in [4.78, 5) is 19.6. The molecule has 0 spiro atoms. The molecule has 1 heterocycles. The Kier molecular flexibility index (Phi) is 5.88. The number of aliphatic hydroxyl groups excluding tert-OH is 1. The number of carbonyl (C=O) groups is 1. The molecule has 1 aromatic carbocycles. The molecule has 0 unspecified atom stereocenters. The highest BCUT2D eigenvalue weighted by Gasteiger charge is 2.14. The van der Waals surface area contributed by atoms with Gasteiger partial charge in [-0.05, 0) is 24.3 Å². The number of aromatic nitrogens is 2. The SMILES string of the molecule is CNC(=O)Nc1ccc(-c2nc(N)cc(CS(=O)(=O)CCO)n2)cc1. The summed E-state index contributed by atoms with van der Waals surface area (Å²) in [6.45, 7) is -0.449. The van der Waals surface area contributed by atoms with Gasteiger partial charge in [-0.1, -0.05) is 0 Å². The Morgan fingerprint density at radius 1 is 1.24 bits per heavy atom. The van der Waals surface area contributed by atoms with Crippen LogP contribution in [0.4, 0.5) is 16.3 Å². The summed E-state index contributed by atoms with van der Waals surface area (Å²) in [5.41, 5.74) is 7.20. The van der Waals surface area contributed by atoms with E-state index in [9.17, 15) is 13.2 Å². The average Bonchev–Trinajstić information content (AvgIpc) is 2.54. The van der Waals surface area contributed by atoms with E-state index >= 15 is 0 Å². The third kappa shape index (κ3) is 5.40. The van der Waals surface area contributed by atoms with Gasteiger partial charge in [-0.3, -0.25) is 0 Å². The smallest absolute Gasteiger partial charge is 0.318 e. The van der Waals surface area contributed by atoms with Crippen molar-refractivity contribution in [2.75, 3.05) is 30.5 Å². The van der Waals surface area contributed by atoms with Crippen LogP contribution in [0.2, 0.25) is 0 Å². The molecule has 2 aromatic rings. The van der Waals surface area contributed by atoms with E-state index in [1.165, 1.54) is 13.1 Å². The van der Waals surface area contributed by atoms with Crippen LogP contribution in [0.25, 0.3) is 11.4 Å². The first-order chi connectivity index (χ1) is 11.8. The van der Waals surface area contributed by atoms with E-state index < -0.39 is 16.4 Å². The van der Waals surface area contributed by atoms with E-state index in [1.807, 2.05) is 0 Å². The number of aliphatic hydroxyl groups is 1. The summed E-state index contributed by atoms with van der Waals surface area (Å²) in [6, 6.07) is 7.75. The first-order valence-corrected chi connectivity index (χ1v) is 9.19. The Morgan fingerprint density at radius 3 is 2.52 bits per heavy atom. The molecule has 9 nitrogen and oxygen atoms in total. The predicted molar refractivity (Wildman–Crippen MR) is 94.5 cm³/mol. The number of nitrogen functional groups attached to an aromatic ring is 1. The Hall–Kier alpha value is -2.72. The minimum atomic E-state index is -3.47. The fourth-order valence-electron chi connectivity index (χ4n) is 2.05. The van der Waals surface area contributed by atoms with Crippen molar-refractivity contribution in [3.05, 3.63) is 36.0 Å². The number of nitrogens with zero attached hydrogens (tertiary/aromatic N) is 2. The van der Waals surface area contributed by atoms with E-state index in [-0.39, 0.29) is 34.9 Å². The molecule has 0 saturated heterocycles. The lowest BCUT2D eigenvalue weighted by atomic mass is 10.2. The van der Waals surface area contributed by atoms with Crippen LogP contribution >= 0.6 is 0 Å². The molecule has 0 atom stereocenters. The van der Waals surface area contributed by atoms with Crippen LogP contribution in [0, 0.1) is 0 Å². The van der Waals surface area contributed by atoms with E-state index in [2.05, 4.69) is 20.6 Å². The fraction of sp³-hybridized carbons (Fsp3) is 0.267. The maximum Gasteiger partial charge on any atom is 0.318 e. The van der Waals surface area contributed by atoms with Gasteiger partial charge in [-0.25, -0.2) is 23.2 Å². The second kappa shape index (κ2) is 7.90. The average molecular weight is 365 g/mol. The number of nitrogens with two attached hydrogens (primary N) is 1. The Balaban J connectivity index is 2.26. The Labute approximate surface area is 145 Å². The lowest BCUT2D eigenvalue weighted by Gasteiger charge is -2.08. The van der Waals surface area contributed by atoms with Crippen LogP contribution in [-0.2, 0) is 15.6 Å². The van der Waals surface area contributed by atoms with Crippen LogP contribution in [0.1, 0.15) is 5.69 Å². The van der Waals surface area contributed by atoms with Gasteiger partial charge in [0, 0.05) is 24.4 Å². The maximum absolute atomic E-state index is 11.8. The van der Waals surface area contributed by atoms with Gasteiger partial charge < -0.3 is 21.5 Å². The molecule has 0 saturated carbocycles. The molecule has 0 aliphatic rings. The van der Waals surface area contributed by atoms with Crippen molar-refractivity contribution in [1.29, 1.82) is 0 Å². The van der Waals surface area contributed by atoms with E-state index in [4.69, 9.17) is 10.8 Å². The number of benzene rings is 1.